The lowest BCUT2D eigenvalue weighted by Crippen LogP contribution is -2.27. The monoisotopic (exact) mass is 246 g/mol. The maximum Gasteiger partial charge on any atom is 0.271 e. The molecule has 0 saturated carbocycles. The van der Waals surface area contributed by atoms with Crippen molar-refractivity contribution in [3.8, 4) is 0 Å². The van der Waals surface area contributed by atoms with Crippen molar-refractivity contribution in [1.29, 1.82) is 0 Å². The number of nitrogens with one attached hydrogen (secondary N) is 1. The summed E-state index contributed by atoms with van der Waals surface area (Å²) in [6, 6.07) is 3.08. The molecular formula is C11H14N6O. The Labute approximate surface area is 104 Å². The van der Waals surface area contributed by atoms with Crippen LogP contribution in [0.25, 0.3) is 0 Å². The number of hydrogen-bond donors (Lipinski definition) is 2. The van der Waals surface area contributed by atoms with Crippen LogP contribution in [0.3, 0.4) is 0 Å². The number of aryl methyl sites for hydroxylation is 1. The second-order valence-corrected chi connectivity index (χ2v) is 3.80. The van der Waals surface area contributed by atoms with Gasteiger partial charge in [0.1, 0.15) is 11.6 Å². The highest BCUT2D eigenvalue weighted by Crippen LogP contribution is 1.98. The second-order valence-electron chi connectivity index (χ2n) is 3.80. The number of nitrogen functional groups attached to an aromatic ring is 1. The predicted molar refractivity (Wildman–Crippen MR) is 65.7 cm³/mol. The molecule has 0 aliphatic heterocycles. The van der Waals surface area contributed by atoms with Gasteiger partial charge in [0.25, 0.3) is 5.91 Å². The molecule has 0 atom stereocenters. The van der Waals surface area contributed by atoms with E-state index in [1.54, 1.807) is 18.3 Å². The van der Waals surface area contributed by atoms with E-state index in [0.29, 0.717) is 18.8 Å². The van der Waals surface area contributed by atoms with Crippen LogP contribution in [0.15, 0.2) is 24.5 Å². The van der Waals surface area contributed by atoms with Gasteiger partial charge in [-0.05, 0) is 12.1 Å². The van der Waals surface area contributed by atoms with Gasteiger partial charge in [-0.3, -0.25) is 4.79 Å². The maximum absolute atomic E-state index is 11.7. The van der Waals surface area contributed by atoms with Crippen LogP contribution in [0.5, 0.6) is 0 Å². The number of rotatable bonds is 4. The Morgan fingerprint density at radius 3 is 2.89 bits per heavy atom. The number of carbonyl (C=O) groups excluding carboxylic acids is 1. The molecular weight excluding hydrogens is 232 g/mol. The lowest BCUT2D eigenvalue weighted by atomic mass is 10.3. The standard InChI is InChI=1S/C11H14N6O/c1-17-7-6-13-10(17)4-5-14-11(18)8-2-3-9(12)16-15-8/h2-3,6-7H,4-5H2,1H3,(H2,12,16)(H,14,18). The Kier molecular flexibility index (Phi) is 3.52. The smallest absolute Gasteiger partial charge is 0.271 e. The Bertz CT molecular complexity index is 533. The number of hydrogen-bond acceptors (Lipinski definition) is 5. The Hall–Kier alpha value is -2.44. The molecule has 3 N–H and O–H groups in total. The van der Waals surface area contributed by atoms with Crippen molar-refractivity contribution in [3.05, 3.63) is 36.0 Å². The highest BCUT2D eigenvalue weighted by molar-refractivity contribution is 5.92. The molecule has 0 bridgehead atoms. The summed E-state index contributed by atoms with van der Waals surface area (Å²) in [6.07, 6.45) is 4.25. The van der Waals surface area contributed by atoms with E-state index in [9.17, 15) is 4.79 Å². The molecule has 2 aromatic heterocycles. The molecule has 0 aliphatic rings. The molecule has 0 saturated heterocycles. The van der Waals surface area contributed by atoms with Gasteiger partial charge < -0.3 is 15.6 Å². The van der Waals surface area contributed by atoms with Crippen LogP contribution >= 0.6 is 0 Å². The molecule has 0 fully saturated rings. The van der Waals surface area contributed by atoms with E-state index in [1.165, 1.54) is 0 Å². The molecule has 7 nitrogen and oxygen atoms in total. The summed E-state index contributed by atoms with van der Waals surface area (Å²) in [7, 11) is 1.91. The summed E-state index contributed by atoms with van der Waals surface area (Å²) < 4.78 is 1.91. The average molecular weight is 246 g/mol. The molecule has 2 rings (SSSR count). The van der Waals surface area contributed by atoms with E-state index >= 15 is 0 Å². The molecule has 0 aliphatic carbocycles. The van der Waals surface area contributed by atoms with Crippen LogP contribution in [0, 0.1) is 0 Å². The molecule has 0 spiro atoms. The van der Waals surface area contributed by atoms with Crippen molar-refractivity contribution in [3.63, 3.8) is 0 Å². The zero-order chi connectivity index (χ0) is 13.0. The molecule has 2 heterocycles. The summed E-state index contributed by atoms with van der Waals surface area (Å²) in [6.45, 7) is 0.496. The zero-order valence-corrected chi connectivity index (χ0v) is 10.00. The molecule has 94 valence electrons. The van der Waals surface area contributed by atoms with Gasteiger partial charge in [-0.25, -0.2) is 4.98 Å². The van der Waals surface area contributed by atoms with Crippen LogP contribution < -0.4 is 11.1 Å². The summed E-state index contributed by atoms with van der Waals surface area (Å²) in [5.41, 5.74) is 5.65. The van der Waals surface area contributed by atoms with Crippen LogP contribution in [0.4, 0.5) is 5.82 Å². The number of carbonyl (C=O) groups is 1. The number of nitrogens with zero attached hydrogens (tertiary/aromatic N) is 4. The number of nitrogens with two attached hydrogens (primary N) is 1. The van der Waals surface area contributed by atoms with Gasteiger partial charge in [0, 0.05) is 32.4 Å². The van der Waals surface area contributed by atoms with E-state index in [4.69, 9.17) is 5.73 Å². The van der Waals surface area contributed by atoms with E-state index in [2.05, 4.69) is 20.5 Å². The largest absolute Gasteiger partial charge is 0.382 e. The SMILES string of the molecule is Cn1ccnc1CCNC(=O)c1ccc(N)nn1. The third-order valence-electron chi connectivity index (χ3n) is 2.47. The number of aromatic nitrogens is 4. The molecule has 0 unspecified atom stereocenters. The minimum absolute atomic E-state index is 0.254. The van der Waals surface area contributed by atoms with Crippen molar-refractivity contribution < 1.29 is 4.79 Å². The first kappa shape index (κ1) is 12.0. The quantitative estimate of drug-likeness (QED) is 0.776. The summed E-state index contributed by atoms with van der Waals surface area (Å²) in [5.74, 6) is 0.940. The predicted octanol–water partition coefficient (Wildman–Crippen LogP) is -0.235. The molecule has 2 aromatic rings. The van der Waals surface area contributed by atoms with Crippen LogP contribution in [-0.4, -0.2) is 32.2 Å². The van der Waals surface area contributed by atoms with Crippen molar-refractivity contribution in [2.24, 2.45) is 7.05 Å². The first-order valence-corrected chi connectivity index (χ1v) is 5.50. The van der Waals surface area contributed by atoms with Gasteiger partial charge in [-0.15, -0.1) is 10.2 Å². The van der Waals surface area contributed by atoms with Gasteiger partial charge in [-0.1, -0.05) is 0 Å². The molecule has 0 radical (unpaired) electrons. The summed E-state index contributed by atoms with van der Waals surface area (Å²) in [4.78, 5) is 15.9. The van der Waals surface area contributed by atoms with Crippen molar-refractivity contribution in [2.45, 2.75) is 6.42 Å². The lowest BCUT2D eigenvalue weighted by Gasteiger charge is -2.04. The number of anilines is 1. The van der Waals surface area contributed by atoms with Crippen LogP contribution in [-0.2, 0) is 13.5 Å². The fraction of sp³-hybridized carbons (Fsp3) is 0.273. The highest BCUT2D eigenvalue weighted by Gasteiger charge is 2.07. The van der Waals surface area contributed by atoms with Gasteiger partial charge in [-0.2, -0.15) is 0 Å². The molecule has 18 heavy (non-hydrogen) atoms. The van der Waals surface area contributed by atoms with Crippen LogP contribution in [0.1, 0.15) is 16.3 Å². The number of amides is 1. The Morgan fingerprint density at radius 2 is 2.28 bits per heavy atom. The average Bonchev–Trinajstić information content (AvgIpc) is 2.76. The minimum atomic E-state index is -0.267. The van der Waals surface area contributed by atoms with Crippen molar-refractivity contribution in [2.75, 3.05) is 12.3 Å². The Balaban J connectivity index is 1.85. The van der Waals surface area contributed by atoms with Gasteiger partial charge in [0.15, 0.2) is 5.69 Å². The van der Waals surface area contributed by atoms with E-state index < -0.39 is 0 Å². The zero-order valence-electron chi connectivity index (χ0n) is 10.00. The first-order valence-electron chi connectivity index (χ1n) is 5.50. The molecule has 7 heteroatoms. The minimum Gasteiger partial charge on any atom is -0.382 e. The third-order valence-corrected chi connectivity index (χ3v) is 2.47. The topological polar surface area (TPSA) is 98.7 Å². The van der Waals surface area contributed by atoms with Gasteiger partial charge >= 0.3 is 0 Å². The molecule has 1 amide bonds. The first-order chi connectivity index (χ1) is 8.66. The molecule has 0 aromatic carbocycles. The highest BCUT2D eigenvalue weighted by atomic mass is 16.1. The fourth-order valence-corrected chi connectivity index (χ4v) is 1.48. The van der Waals surface area contributed by atoms with Gasteiger partial charge in [0.05, 0.1) is 0 Å². The van der Waals surface area contributed by atoms with Crippen molar-refractivity contribution >= 4 is 11.7 Å². The second kappa shape index (κ2) is 5.26. The summed E-state index contributed by atoms with van der Waals surface area (Å²) >= 11 is 0. The van der Waals surface area contributed by atoms with Crippen molar-refractivity contribution in [1.82, 2.24) is 25.1 Å². The lowest BCUT2D eigenvalue weighted by molar-refractivity contribution is 0.0948. The van der Waals surface area contributed by atoms with E-state index in [1.807, 2.05) is 17.8 Å². The number of imidazole rings is 1. The fourth-order valence-electron chi connectivity index (χ4n) is 1.48. The maximum atomic E-state index is 11.7. The summed E-state index contributed by atoms with van der Waals surface area (Å²) in [5, 5.41) is 10.1. The van der Waals surface area contributed by atoms with E-state index in [0.717, 1.165) is 5.82 Å². The van der Waals surface area contributed by atoms with Crippen LogP contribution in [0.2, 0.25) is 0 Å². The Morgan fingerprint density at radius 1 is 1.44 bits per heavy atom. The van der Waals surface area contributed by atoms with E-state index in [-0.39, 0.29) is 11.6 Å². The third kappa shape index (κ3) is 2.82. The van der Waals surface area contributed by atoms with Gasteiger partial charge in [0.2, 0.25) is 0 Å². The normalized spacial score (nSPS) is 10.3.